The first-order chi connectivity index (χ1) is 31.4. The molecule has 6 N–H and O–H groups in total. The molecule has 340 valence electrons. The lowest BCUT2D eigenvalue weighted by atomic mass is 9.92. The number of aliphatic hydroxyl groups excluding tert-OH is 1. The third-order valence-electron chi connectivity index (χ3n) is 13.1. The number of likely N-dealkylation sites (tertiary alicyclic amines) is 2. The van der Waals surface area contributed by atoms with Crippen molar-refractivity contribution in [3.63, 3.8) is 0 Å². The normalized spacial score (nSPS) is 21.2. The molecule has 7 unspecified atom stereocenters. The summed E-state index contributed by atoms with van der Waals surface area (Å²) in [6, 6.07) is 22.2. The van der Waals surface area contributed by atoms with Gasteiger partial charge in [0, 0.05) is 31.1 Å². The molecule has 2 saturated heterocycles. The number of aromatic nitrogens is 4. The number of fused-ring (bicyclic) bond motifs is 6. The van der Waals surface area contributed by atoms with E-state index >= 15 is 0 Å². The van der Waals surface area contributed by atoms with Gasteiger partial charge in [-0.3, -0.25) is 9.69 Å². The van der Waals surface area contributed by atoms with E-state index < -0.39 is 24.4 Å². The summed E-state index contributed by atoms with van der Waals surface area (Å²) in [5, 5.41) is 16.8. The van der Waals surface area contributed by atoms with Gasteiger partial charge in [-0.25, -0.2) is 19.8 Å². The van der Waals surface area contributed by atoms with E-state index in [1.807, 2.05) is 60.2 Å². The first-order valence-electron chi connectivity index (χ1n) is 22.2. The largest absolute Gasteiger partial charge is 0.488 e. The molecular formula is C49H57N9O7. The molecule has 0 aliphatic carbocycles. The molecule has 16 heteroatoms. The molecule has 65 heavy (non-hydrogen) atoms. The zero-order valence-corrected chi connectivity index (χ0v) is 37.6. The van der Waals surface area contributed by atoms with Gasteiger partial charge in [-0.05, 0) is 82.5 Å². The average Bonchev–Trinajstić information content (AvgIpc) is 4.15. The number of nitrogens with zero attached hydrogens (tertiary/aromatic N) is 5. The summed E-state index contributed by atoms with van der Waals surface area (Å²) in [5.74, 6) is 2.48. The molecule has 2 aromatic heterocycles. The van der Waals surface area contributed by atoms with E-state index in [0.29, 0.717) is 38.5 Å². The van der Waals surface area contributed by atoms with Crippen LogP contribution >= 0.6 is 0 Å². The summed E-state index contributed by atoms with van der Waals surface area (Å²) in [6.07, 6.45) is 1.59. The fourth-order valence-corrected chi connectivity index (χ4v) is 9.92. The predicted molar refractivity (Wildman–Crippen MR) is 247 cm³/mol. The van der Waals surface area contributed by atoms with Crippen molar-refractivity contribution in [2.24, 2.45) is 28.5 Å². The van der Waals surface area contributed by atoms with Crippen molar-refractivity contribution < 1.29 is 33.6 Å². The van der Waals surface area contributed by atoms with E-state index in [2.05, 4.69) is 69.7 Å². The zero-order chi connectivity index (χ0) is 45.5. The minimum atomic E-state index is -1.08. The van der Waals surface area contributed by atoms with E-state index in [4.69, 9.17) is 34.6 Å². The number of H-pyrrole nitrogens is 2. The van der Waals surface area contributed by atoms with Crippen LogP contribution in [0.5, 0.6) is 5.75 Å². The summed E-state index contributed by atoms with van der Waals surface area (Å²) in [4.78, 5) is 51.9. The Morgan fingerprint density at radius 1 is 0.969 bits per heavy atom. The fraction of sp³-hybridized carbons (Fsp3) is 0.408. The summed E-state index contributed by atoms with van der Waals surface area (Å²) in [7, 11) is 4.43. The van der Waals surface area contributed by atoms with E-state index in [9.17, 15) is 14.7 Å². The number of aliphatic hydroxyl groups is 1. The van der Waals surface area contributed by atoms with Crippen LogP contribution in [0.1, 0.15) is 74.5 Å². The number of amides is 2. The highest BCUT2D eigenvalue weighted by atomic mass is 16.5. The number of rotatable bonds is 12. The molecule has 2 fully saturated rings. The Labute approximate surface area is 377 Å². The van der Waals surface area contributed by atoms with Gasteiger partial charge in [0.25, 0.3) is 6.02 Å². The number of carbonyl (C=O) groups is 2. The maximum absolute atomic E-state index is 14.0. The molecule has 6 aromatic rings. The van der Waals surface area contributed by atoms with Crippen molar-refractivity contribution >= 4 is 39.8 Å². The lowest BCUT2D eigenvalue weighted by molar-refractivity contribution is -0.134. The van der Waals surface area contributed by atoms with Crippen LogP contribution in [0.3, 0.4) is 0 Å². The second-order valence-corrected chi connectivity index (χ2v) is 17.9. The van der Waals surface area contributed by atoms with Crippen LogP contribution < -0.4 is 15.8 Å². The SMILES string of the molecule is COCC1CC(c2ncc(-c3ccc4c(c3)COc3cc5c(ccc6[nH]c(C7CC(C)CN7C(=O)C(N=C(N)OC)C(C)C)nc65)cc3-4)[nH]2)N(C(O)C(NC(=O)OC)c2ccccc2)C1. The van der Waals surface area contributed by atoms with Crippen molar-refractivity contribution in [2.75, 3.05) is 41.0 Å². The van der Waals surface area contributed by atoms with Crippen LogP contribution in [0.4, 0.5) is 4.79 Å². The number of nitrogens with two attached hydrogens (primary N) is 1. The third-order valence-corrected chi connectivity index (χ3v) is 13.1. The Bertz CT molecular complexity index is 2730. The standard InChI is InChI=1S/C49H57N9O7/c1-26(2)41(55-48(50)63-5)46(59)57-22-27(3)16-38(57)45-52-36-15-13-30-19-35-33-14-12-31(18-32(33)25-65-40(35)20-34(30)43(36)54-45)37-21-51-44(53-37)39-17-28(24-62-4)23-58(39)47(60)42(56-49(61)64-6)29-10-8-7-9-11-29/h7-15,18-21,26-28,38-39,41-42,47,60H,16-17,22-25H2,1-6H3,(H2,50,55)(H,51,53)(H,52,54)(H,56,61). The van der Waals surface area contributed by atoms with Crippen LogP contribution in [-0.4, -0.2) is 106 Å². The third kappa shape index (κ3) is 8.49. The van der Waals surface area contributed by atoms with Gasteiger partial charge in [0.05, 0.1) is 61.9 Å². The van der Waals surface area contributed by atoms with Crippen LogP contribution in [-0.2, 0) is 25.6 Å². The number of aromatic amines is 2. The number of ether oxygens (including phenoxy) is 4. The van der Waals surface area contributed by atoms with Gasteiger partial charge in [-0.15, -0.1) is 0 Å². The van der Waals surface area contributed by atoms with E-state index in [1.54, 1.807) is 7.11 Å². The van der Waals surface area contributed by atoms with E-state index in [1.165, 1.54) is 14.2 Å². The zero-order valence-electron chi connectivity index (χ0n) is 37.6. The van der Waals surface area contributed by atoms with Gasteiger partial charge in [-0.1, -0.05) is 69.3 Å². The summed E-state index contributed by atoms with van der Waals surface area (Å²) in [6.45, 7) is 8.11. The number of imidazole rings is 2. The molecule has 0 saturated carbocycles. The van der Waals surface area contributed by atoms with Crippen LogP contribution in [0.25, 0.3) is 44.2 Å². The molecule has 5 heterocycles. The summed E-state index contributed by atoms with van der Waals surface area (Å²) < 4.78 is 22.1. The van der Waals surface area contributed by atoms with Crippen molar-refractivity contribution in [1.29, 1.82) is 0 Å². The number of amidine groups is 1. The highest BCUT2D eigenvalue weighted by Crippen LogP contribution is 2.44. The lowest BCUT2D eigenvalue weighted by Gasteiger charge is -2.34. The fourth-order valence-electron chi connectivity index (χ4n) is 9.92. The molecule has 3 aliphatic rings. The van der Waals surface area contributed by atoms with Crippen molar-refractivity contribution in [1.82, 2.24) is 35.1 Å². The van der Waals surface area contributed by atoms with Crippen molar-refractivity contribution in [2.45, 2.75) is 70.6 Å². The minimum Gasteiger partial charge on any atom is -0.488 e. The molecule has 3 aliphatic heterocycles. The Hall–Kier alpha value is -6.49. The number of benzene rings is 4. The van der Waals surface area contributed by atoms with Crippen LogP contribution in [0, 0.1) is 17.8 Å². The Kier molecular flexibility index (Phi) is 12.2. The molecule has 0 bridgehead atoms. The average molecular weight is 884 g/mol. The maximum atomic E-state index is 14.0. The number of alkyl carbamates (subject to hydrolysis) is 1. The minimum absolute atomic E-state index is 0.00962. The molecule has 2 amide bonds. The molecule has 4 aromatic carbocycles. The molecule has 0 spiro atoms. The molecule has 0 radical (unpaired) electrons. The number of nitrogens with one attached hydrogen (secondary N) is 3. The Balaban J connectivity index is 0.976. The first-order valence-corrected chi connectivity index (χ1v) is 22.2. The number of aliphatic imine (C=N–C) groups is 1. The molecule has 7 atom stereocenters. The van der Waals surface area contributed by atoms with Gasteiger partial charge < -0.3 is 50.0 Å². The predicted octanol–water partition coefficient (Wildman–Crippen LogP) is 6.99. The molecular weight excluding hydrogens is 827 g/mol. The van der Waals surface area contributed by atoms with Crippen molar-refractivity contribution in [3.05, 3.63) is 102 Å². The topological polar surface area (TPSA) is 206 Å². The summed E-state index contributed by atoms with van der Waals surface area (Å²) >= 11 is 0. The van der Waals surface area contributed by atoms with Crippen LogP contribution in [0.15, 0.2) is 84.0 Å². The second-order valence-electron chi connectivity index (χ2n) is 17.9. The Morgan fingerprint density at radius 3 is 2.54 bits per heavy atom. The van der Waals surface area contributed by atoms with E-state index in [-0.39, 0.29) is 41.8 Å². The summed E-state index contributed by atoms with van der Waals surface area (Å²) in [5.41, 5.74) is 13.3. The monoisotopic (exact) mass is 883 g/mol. The number of methoxy groups -OCH3 is 3. The molecule has 16 nitrogen and oxygen atoms in total. The van der Waals surface area contributed by atoms with Gasteiger partial charge in [0.15, 0.2) is 0 Å². The number of hydrogen-bond donors (Lipinski definition) is 5. The lowest BCUT2D eigenvalue weighted by Crippen LogP contribution is -2.46. The first kappa shape index (κ1) is 43.7. The quantitative estimate of drug-likeness (QED) is 0.0626. The molecule has 9 rings (SSSR count). The van der Waals surface area contributed by atoms with E-state index in [0.717, 1.165) is 73.3 Å². The highest BCUT2D eigenvalue weighted by molar-refractivity contribution is 6.07. The smallest absolute Gasteiger partial charge is 0.407 e. The van der Waals surface area contributed by atoms with Gasteiger partial charge in [0.2, 0.25) is 5.91 Å². The number of carbonyl (C=O) groups excluding carboxylic acids is 2. The number of hydrogen-bond acceptors (Lipinski definition) is 11. The highest BCUT2D eigenvalue weighted by Gasteiger charge is 2.43. The van der Waals surface area contributed by atoms with Crippen LogP contribution in [0.2, 0.25) is 0 Å². The maximum Gasteiger partial charge on any atom is 0.407 e. The van der Waals surface area contributed by atoms with Crippen molar-refractivity contribution in [3.8, 4) is 28.1 Å². The van der Waals surface area contributed by atoms with Gasteiger partial charge in [0.1, 0.15) is 36.3 Å². The Morgan fingerprint density at radius 2 is 1.78 bits per heavy atom. The van der Waals surface area contributed by atoms with Gasteiger partial charge in [-0.2, -0.15) is 0 Å². The second kappa shape index (κ2) is 18.2. The van der Waals surface area contributed by atoms with Gasteiger partial charge >= 0.3 is 6.09 Å².